The molecule has 0 fully saturated rings. The number of nitrogens with zero attached hydrogens (tertiary/aromatic N) is 1. The SMILES string of the molecule is CC.CC(C)(C)Nc1ccc(CCNCCc2ccc(C(=O)O)cc2)cn1. The van der Waals surface area contributed by atoms with Crippen molar-refractivity contribution in [3.63, 3.8) is 0 Å². The van der Waals surface area contributed by atoms with Gasteiger partial charge in [-0.3, -0.25) is 0 Å². The lowest BCUT2D eigenvalue weighted by Gasteiger charge is -2.21. The average Bonchev–Trinajstić information content (AvgIpc) is 2.63. The number of anilines is 1. The summed E-state index contributed by atoms with van der Waals surface area (Å²) in [5, 5.41) is 15.6. The standard InChI is InChI=1S/C20H27N3O2.C2H6/c1-20(2,3)23-18-9-6-16(14-22-18)11-13-21-12-10-15-4-7-17(8-5-15)19(24)25;1-2/h4-9,14,21H,10-13H2,1-3H3,(H,22,23)(H,24,25);1-2H3. The number of hydrogen-bond donors (Lipinski definition) is 3. The van der Waals surface area contributed by atoms with Gasteiger partial charge in [0.1, 0.15) is 5.82 Å². The van der Waals surface area contributed by atoms with Crippen LogP contribution in [0, 0.1) is 0 Å². The Labute approximate surface area is 163 Å². The van der Waals surface area contributed by atoms with Gasteiger partial charge in [0, 0.05) is 11.7 Å². The van der Waals surface area contributed by atoms with Gasteiger partial charge in [0.15, 0.2) is 0 Å². The molecule has 148 valence electrons. The van der Waals surface area contributed by atoms with Gasteiger partial charge in [0.2, 0.25) is 0 Å². The predicted molar refractivity (Wildman–Crippen MR) is 113 cm³/mol. The average molecular weight is 372 g/mol. The van der Waals surface area contributed by atoms with Crippen LogP contribution in [0.25, 0.3) is 0 Å². The molecule has 0 saturated carbocycles. The number of nitrogens with one attached hydrogen (secondary N) is 2. The number of benzene rings is 1. The molecule has 5 nitrogen and oxygen atoms in total. The van der Waals surface area contributed by atoms with E-state index in [0.717, 1.165) is 37.3 Å². The molecule has 2 aromatic rings. The molecule has 0 spiro atoms. The molecule has 2 rings (SSSR count). The molecule has 0 aliphatic carbocycles. The third-order valence-electron chi connectivity index (χ3n) is 3.71. The van der Waals surface area contributed by atoms with Crippen LogP contribution < -0.4 is 10.6 Å². The smallest absolute Gasteiger partial charge is 0.335 e. The van der Waals surface area contributed by atoms with E-state index in [9.17, 15) is 4.79 Å². The van der Waals surface area contributed by atoms with Crippen molar-refractivity contribution in [3.8, 4) is 0 Å². The Hall–Kier alpha value is -2.40. The zero-order valence-corrected chi connectivity index (χ0v) is 17.2. The van der Waals surface area contributed by atoms with E-state index in [2.05, 4.69) is 42.5 Å². The zero-order valence-electron chi connectivity index (χ0n) is 17.2. The van der Waals surface area contributed by atoms with Gasteiger partial charge < -0.3 is 15.7 Å². The summed E-state index contributed by atoms with van der Waals surface area (Å²) < 4.78 is 0. The third-order valence-corrected chi connectivity index (χ3v) is 3.71. The molecule has 1 heterocycles. The molecule has 0 bridgehead atoms. The summed E-state index contributed by atoms with van der Waals surface area (Å²) in [5.41, 5.74) is 2.68. The van der Waals surface area contributed by atoms with Crippen LogP contribution in [0.1, 0.15) is 56.1 Å². The Morgan fingerprint density at radius 2 is 1.52 bits per heavy atom. The van der Waals surface area contributed by atoms with E-state index in [-0.39, 0.29) is 5.54 Å². The molecule has 1 aromatic heterocycles. The quantitative estimate of drug-likeness (QED) is 0.600. The summed E-state index contributed by atoms with van der Waals surface area (Å²) in [4.78, 5) is 15.3. The van der Waals surface area contributed by atoms with Crippen molar-refractivity contribution in [3.05, 3.63) is 59.3 Å². The Balaban J connectivity index is 0.00000176. The van der Waals surface area contributed by atoms with E-state index >= 15 is 0 Å². The summed E-state index contributed by atoms with van der Waals surface area (Å²) in [6.07, 6.45) is 3.73. The number of carboxylic acids is 1. The second kappa shape index (κ2) is 11.3. The highest BCUT2D eigenvalue weighted by Gasteiger charge is 2.09. The van der Waals surface area contributed by atoms with Crippen LogP contribution in [0.5, 0.6) is 0 Å². The number of aromatic nitrogens is 1. The number of aromatic carboxylic acids is 1. The molecule has 0 unspecified atom stereocenters. The molecule has 27 heavy (non-hydrogen) atoms. The molecular weight excluding hydrogens is 338 g/mol. The summed E-state index contributed by atoms with van der Waals surface area (Å²) >= 11 is 0. The molecule has 1 aromatic carbocycles. The second-order valence-corrected chi connectivity index (χ2v) is 7.18. The Bertz CT molecular complexity index is 674. The van der Waals surface area contributed by atoms with Gasteiger partial charge in [-0.1, -0.05) is 32.0 Å². The normalized spacial score (nSPS) is 10.7. The van der Waals surface area contributed by atoms with Gasteiger partial charge >= 0.3 is 5.97 Å². The van der Waals surface area contributed by atoms with E-state index in [1.807, 2.05) is 38.2 Å². The fourth-order valence-corrected chi connectivity index (χ4v) is 2.43. The second-order valence-electron chi connectivity index (χ2n) is 7.18. The van der Waals surface area contributed by atoms with Crippen molar-refractivity contribution in [2.75, 3.05) is 18.4 Å². The molecule has 0 amide bonds. The highest BCUT2D eigenvalue weighted by atomic mass is 16.4. The lowest BCUT2D eigenvalue weighted by molar-refractivity contribution is 0.0697. The number of rotatable bonds is 8. The molecule has 0 aliphatic rings. The van der Waals surface area contributed by atoms with Crippen LogP contribution >= 0.6 is 0 Å². The van der Waals surface area contributed by atoms with Crippen molar-refractivity contribution < 1.29 is 9.90 Å². The monoisotopic (exact) mass is 371 g/mol. The first kappa shape index (κ1) is 22.6. The first-order valence-corrected chi connectivity index (χ1v) is 9.59. The molecular formula is C22H33N3O2. The molecule has 0 atom stereocenters. The Morgan fingerprint density at radius 1 is 0.963 bits per heavy atom. The van der Waals surface area contributed by atoms with Crippen molar-refractivity contribution >= 4 is 11.8 Å². The minimum Gasteiger partial charge on any atom is -0.478 e. The number of hydrogen-bond acceptors (Lipinski definition) is 4. The largest absolute Gasteiger partial charge is 0.478 e. The predicted octanol–water partition coefficient (Wildman–Crippen LogP) is 4.39. The zero-order chi connectivity index (χ0) is 20.3. The van der Waals surface area contributed by atoms with E-state index < -0.39 is 5.97 Å². The number of carbonyl (C=O) groups is 1. The fraction of sp³-hybridized carbons (Fsp3) is 0.455. The van der Waals surface area contributed by atoms with Crippen LogP contribution in [0.3, 0.4) is 0 Å². The maximum absolute atomic E-state index is 10.8. The Morgan fingerprint density at radius 3 is 2.00 bits per heavy atom. The first-order valence-electron chi connectivity index (χ1n) is 9.59. The van der Waals surface area contributed by atoms with Gasteiger partial charge in [-0.2, -0.15) is 0 Å². The lowest BCUT2D eigenvalue weighted by Crippen LogP contribution is -2.26. The van der Waals surface area contributed by atoms with Crippen molar-refractivity contribution in [1.29, 1.82) is 0 Å². The van der Waals surface area contributed by atoms with Crippen LogP contribution in [-0.4, -0.2) is 34.7 Å². The summed E-state index contributed by atoms with van der Waals surface area (Å²) in [6.45, 7) is 12.1. The minimum absolute atomic E-state index is 0.0126. The van der Waals surface area contributed by atoms with Gasteiger partial charge in [0.25, 0.3) is 0 Å². The minimum atomic E-state index is -0.887. The van der Waals surface area contributed by atoms with Crippen molar-refractivity contribution in [2.24, 2.45) is 0 Å². The van der Waals surface area contributed by atoms with Crippen molar-refractivity contribution in [1.82, 2.24) is 10.3 Å². The van der Waals surface area contributed by atoms with Gasteiger partial charge in [0.05, 0.1) is 5.56 Å². The molecule has 5 heteroatoms. The summed E-state index contributed by atoms with van der Waals surface area (Å²) in [7, 11) is 0. The molecule has 0 saturated heterocycles. The Kier molecular flexibility index (Phi) is 9.51. The first-order chi connectivity index (χ1) is 12.8. The van der Waals surface area contributed by atoms with Gasteiger partial charge in [-0.05, 0) is 76.0 Å². The molecule has 3 N–H and O–H groups in total. The van der Waals surface area contributed by atoms with E-state index in [4.69, 9.17) is 5.11 Å². The highest BCUT2D eigenvalue weighted by Crippen LogP contribution is 2.12. The van der Waals surface area contributed by atoms with Crippen LogP contribution in [0.4, 0.5) is 5.82 Å². The summed E-state index contributed by atoms with van der Waals surface area (Å²) in [6, 6.07) is 11.2. The molecule has 0 aliphatic heterocycles. The van der Waals surface area contributed by atoms with E-state index in [1.165, 1.54) is 5.56 Å². The maximum atomic E-state index is 10.8. The highest BCUT2D eigenvalue weighted by molar-refractivity contribution is 5.87. The maximum Gasteiger partial charge on any atom is 0.335 e. The van der Waals surface area contributed by atoms with Gasteiger partial charge in [-0.25, -0.2) is 9.78 Å². The molecule has 0 radical (unpaired) electrons. The van der Waals surface area contributed by atoms with Crippen LogP contribution in [0.15, 0.2) is 42.6 Å². The lowest BCUT2D eigenvalue weighted by atomic mass is 10.1. The van der Waals surface area contributed by atoms with Gasteiger partial charge in [-0.15, -0.1) is 0 Å². The number of carboxylic acid groups (broad SMARTS) is 1. The number of pyridine rings is 1. The van der Waals surface area contributed by atoms with Crippen LogP contribution in [0.2, 0.25) is 0 Å². The summed E-state index contributed by atoms with van der Waals surface area (Å²) in [5.74, 6) is 0.0102. The third kappa shape index (κ3) is 9.20. The van der Waals surface area contributed by atoms with E-state index in [1.54, 1.807) is 12.1 Å². The van der Waals surface area contributed by atoms with Crippen molar-refractivity contribution in [2.45, 2.75) is 53.0 Å². The topological polar surface area (TPSA) is 74.2 Å². The fourth-order valence-electron chi connectivity index (χ4n) is 2.43. The van der Waals surface area contributed by atoms with Crippen LogP contribution in [-0.2, 0) is 12.8 Å². The van der Waals surface area contributed by atoms with E-state index in [0.29, 0.717) is 5.56 Å².